The molecule has 1 aliphatic heterocycles. The van der Waals surface area contributed by atoms with Gasteiger partial charge in [0.1, 0.15) is 11.5 Å². The molecule has 4 nitrogen and oxygen atoms in total. The van der Waals surface area contributed by atoms with Crippen molar-refractivity contribution in [3.63, 3.8) is 0 Å². The minimum absolute atomic E-state index is 0.602. The third kappa shape index (κ3) is 3.63. The SMILES string of the molecule is c1cc(OCCc2cccc3ccccc23)nc(C2=NCCCN2)c1. The molecule has 1 N–H and O–H groups in total. The van der Waals surface area contributed by atoms with Gasteiger partial charge in [-0.25, -0.2) is 4.98 Å². The number of hydrogen-bond acceptors (Lipinski definition) is 4. The summed E-state index contributed by atoms with van der Waals surface area (Å²) in [6.45, 7) is 2.41. The van der Waals surface area contributed by atoms with Crippen LogP contribution in [0, 0.1) is 0 Å². The van der Waals surface area contributed by atoms with Crippen molar-refractivity contribution in [2.45, 2.75) is 12.8 Å². The summed E-state index contributed by atoms with van der Waals surface area (Å²) in [5, 5.41) is 5.85. The number of nitrogens with one attached hydrogen (secondary N) is 1. The van der Waals surface area contributed by atoms with Crippen LogP contribution < -0.4 is 10.1 Å². The van der Waals surface area contributed by atoms with Gasteiger partial charge in [0.25, 0.3) is 0 Å². The molecule has 0 amide bonds. The standard InChI is InChI=1S/C21H21N3O/c1-2-9-18-16(6-1)7-3-8-17(18)12-15-25-20-11-4-10-19(24-20)21-22-13-5-14-23-21/h1-4,6-11H,5,12-15H2,(H,22,23). The highest BCUT2D eigenvalue weighted by Gasteiger charge is 2.09. The van der Waals surface area contributed by atoms with Crippen molar-refractivity contribution in [1.82, 2.24) is 10.3 Å². The highest BCUT2D eigenvalue weighted by Crippen LogP contribution is 2.19. The second kappa shape index (κ2) is 7.34. The molecule has 25 heavy (non-hydrogen) atoms. The van der Waals surface area contributed by atoms with E-state index in [0.717, 1.165) is 37.5 Å². The summed E-state index contributed by atoms with van der Waals surface area (Å²) in [5.74, 6) is 1.51. The maximum Gasteiger partial charge on any atom is 0.213 e. The first-order valence-corrected chi connectivity index (χ1v) is 8.75. The van der Waals surface area contributed by atoms with Crippen molar-refractivity contribution in [3.8, 4) is 5.88 Å². The zero-order chi connectivity index (χ0) is 16.9. The summed E-state index contributed by atoms with van der Waals surface area (Å²) in [4.78, 5) is 9.06. The number of rotatable bonds is 5. The average molecular weight is 331 g/mol. The second-order valence-corrected chi connectivity index (χ2v) is 6.11. The van der Waals surface area contributed by atoms with Crippen LogP contribution in [0.25, 0.3) is 10.8 Å². The van der Waals surface area contributed by atoms with Crippen LogP contribution in [0.15, 0.2) is 65.7 Å². The molecule has 2 heterocycles. The Morgan fingerprint density at radius 2 is 1.84 bits per heavy atom. The van der Waals surface area contributed by atoms with E-state index >= 15 is 0 Å². The van der Waals surface area contributed by atoms with Gasteiger partial charge in [0.05, 0.1) is 6.61 Å². The van der Waals surface area contributed by atoms with Crippen molar-refractivity contribution in [2.75, 3.05) is 19.7 Å². The van der Waals surface area contributed by atoms with Crippen LogP contribution in [0.4, 0.5) is 0 Å². The fourth-order valence-corrected chi connectivity index (χ4v) is 3.11. The topological polar surface area (TPSA) is 46.5 Å². The molecule has 0 spiro atoms. The summed E-state index contributed by atoms with van der Waals surface area (Å²) in [6, 6.07) is 20.7. The van der Waals surface area contributed by atoms with Crippen LogP contribution in [-0.4, -0.2) is 30.5 Å². The van der Waals surface area contributed by atoms with Gasteiger partial charge in [-0.3, -0.25) is 4.99 Å². The minimum Gasteiger partial charge on any atom is -0.477 e. The van der Waals surface area contributed by atoms with E-state index in [4.69, 9.17) is 4.74 Å². The predicted octanol–water partition coefficient (Wildman–Crippen LogP) is 3.60. The van der Waals surface area contributed by atoms with Crippen molar-refractivity contribution >= 4 is 16.6 Å². The van der Waals surface area contributed by atoms with Gasteiger partial charge in [0.2, 0.25) is 5.88 Å². The summed E-state index contributed by atoms with van der Waals surface area (Å²) in [6.07, 6.45) is 1.93. The fourth-order valence-electron chi connectivity index (χ4n) is 3.11. The highest BCUT2D eigenvalue weighted by molar-refractivity contribution is 5.97. The van der Waals surface area contributed by atoms with Gasteiger partial charge < -0.3 is 10.1 Å². The van der Waals surface area contributed by atoms with E-state index in [0.29, 0.717) is 12.5 Å². The van der Waals surface area contributed by atoms with E-state index in [2.05, 4.69) is 57.8 Å². The Morgan fingerprint density at radius 1 is 0.960 bits per heavy atom. The molecule has 1 aromatic heterocycles. The van der Waals surface area contributed by atoms with Crippen LogP contribution in [-0.2, 0) is 6.42 Å². The van der Waals surface area contributed by atoms with E-state index in [1.807, 2.05) is 18.2 Å². The zero-order valence-corrected chi connectivity index (χ0v) is 14.1. The molecule has 0 aliphatic carbocycles. The Morgan fingerprint density at radius 3 is 2.76 bits per heavy atom. The summed E-state index contributed by atoms with van der Waals surface area (Å²) in [5.41, 5.74) is 2.15. The summed E-state index contributed by atoms with van der Waals surface area (Å²) >= 11 is 0. The Bertz CT molecular complexity index is 899. The normalized spacial score (nSPS) is 14.0. The Hall–Kier alpha value is -2.88. The number of pyridine rings is 1. The molecule has 0 atom stereocenters. The molecular weight excluding hydrogens is 310 g/mol. The monoisotopic (exact) mass is 331 g/mol. The van der Waals surface area contributed by atoms with Crippen LogP contribution in [0.5, 0.6) is 5.88 Å². The Labute approximate surface area is 147 Å². The summed E-state index contributed by atoms with van der Waals surface area (Å²) in [7, 11) is 0. The van der Waals surface area contributed by atoms with Gasteiger partial charge in [0.15, 0.2) is 0 Å². The molecule has 2 aromatic carbocycles. The molecule has 0 fully saturated rings. The maximum atomic E-state index is 5.90. The molecule has 0 unspecified atom stereocenters. The molecule has 0 radical (unpaired) electrons. The number of fused-ring (bicyclic) bond motifs is 1. The first-order chi connectivity index (χ1) is 12.4. The van der Waals surface area contributed by atoms with Crippen molar-refractivity contribution in [3.05, 3.63) is 71.9 Å². The largest absolute Gasteiger partial charge is 0.477 e. The molecule has 3 aromatic rings. The first-order valence-electron chi connectivity index (χ1n) is 8.75. The lowest BCUT2D eigenvalue weighted by molar-refractivity contribution is 0.310. The molecule has 0 bridgehead atoms. The first kappa shape index (κ1) is 15.6. The Balaban J connectivity index is 1.44. The van der Waals surface area contributed by atoms with Gasteiger partial charge in [-0.05, 0) is 28.8 Å². The molecular formula is C21H21N3O. The van der Waals surface area contributed by atoms with Crippen LogP contribution >= 0.6 is 0 Å². The van der Waals surface area contributed by atoms with Crippen molar-refractivity contribution < 1.29 is 4.74 Å². The second-order valence-electron chi connectivity index (χ2n) is 6.11. The van der Waals surface area contributed by atoms with Crippen LogP contribution in [0.1, 0.15) is 17.7 Å². The third-order valence-corrected chi connectivity index (χ3v) is 4.36. The molecule has 126 valence electrons. The minimum atomic E-state index is 0.602. The lowest BCUT2D eigenvalue weighted by Gasteiger charge is -2.14. The fraction of sp³-hybridized carbons (Fsp3) is 0.238. The molecule has 1 aliphatic rings. The smallest absolute Gasteiger partial charge is 0.213 e. The van der Waals surface area contributed by atoms with E-state index in [9.17, 15) is 0 Å². The molecule has 4 rings (SSSR count). The summed E-state index contributed by atoms with van der Waals surface area (Å²) < 4.78 is 5.90. The van der Waals surface area contributed by atoms with E-state index in [-0.39, 0.29) is 0 Å². The molecule has 0 saturated heterocycles. The van der Waals surface area contributed by atoms with E-state index in [1.54, 1.807) is 0 Å². The van der Waals surface area contributed by atoms with Gasteiger partial charge in [-0.1, -0.05) is 48.5 Å². The number of amidine groups is 1. The van der Waals surface area contributed by atoms with Gasteiger partial charge >= 0.3 is 0 Å². The lowest BCUT2D eigenvalue weighted by Crippen LogP contribution is -2.30. The molecule has 0 saturated carbocycles. The van der Waals surface area contributed by atoms with Crippen LogP contribution in [0.3, 0.4) is 0 Å². The average Bonchev–Trinajstić information content (AvgIpc) is 2.69. The Kier molecular flexibility index (Phi) is 4.59. The van der Waals surface area contributed by atoms with Gasteiger partial charge in [-0.15, -0.1) is 0 Å². The number of benzene rings is 2. The van der Waals surface area contributed by atoms with E-state index in [1.165, 1.54) is 16.3 Å². The lowest BCUT2D eigenvalue weighted by atomic mass is 10.0. The number of nitrogens with zero attached hydrogens (tertiary/aromatic N) is 2. The number of aliphatic imine (C=N–C) groups is 1. The van der Waals surface area contributed by atoms with E-state index < -0.39 is 0 Å². The zero-order valence-electron chi connectivity index (χ0n) is 14.1. The third-order valence-electron chi connectivity index (χ3n) is 4.36. The number of aromatic nitrogens is 1. The van der Waals surface area contributed by atoms with Gasteiger partial charge in [0, 0.05) is 25.6 Å². The molecule has 4 heteroatoms. The highest BCUT2D eigenvalue weighted by atomic mass is 16.5. The van der Waals surface area contributed by atoms with Crippen molar-refractivity contribution in [1.29, 1.82) is 0 Å². The predicted molar refractivity (Wildman–Crippen MR) is 101 cm³/mol. The maximum absolute atomic E-state index is 5.90. The number of ether oxygens (including phenoxy) is 1. The van der Waals surface area contributed by atoms with Gasteiger partial charge in [-0.2, -0.15) is 0 Å². The van der Waals surface area contributed by atoms with Crippen molar-refractivity contribution in [2.24, 2.45) is 4.99 Å². The van der Waals surface area contributed by atoms with Crippen LogP contribution in [0.2, 0.25) is 0 Å². The quantitative estimate of drug-likeness (QED) is 0.777. The number of hydrogen-bond donors (Lipinski definition) is 1.